The molecule has 0 saturated heterocycles. The van der Waals surface area contributed by atoms with Crippen LogP contribution >= 0.6 is 11.6 Å². The van der Waals surface area contributed by atoms with Crippen LogP contribution in [0, 0.1) is 11.3 Å². The molecule has 0 atom stereocenters. The average molecular weight is 357 g/mol. The normalized spacial score (nSPS) is 10.5. The molecule has 1 amide bonds. The Labute approximate surface area is 148 Å². The van der Waals surface area contributed by atoms with Crippen LogP contribution in [0.3, 0.4) is 0 Å². The smallest absolute Gasteiger partial charge is 0.339 e. The number of rotatable bonds is 5. The second-order valence-corrected chi connectivity index (χ2v) is 5.01. The number of aromatic nitrogens is 1. The molecule has 0 aliphatic carbocycles. The molecule has 2 rings (SSSR count). The number of anilines is 2. The predicted octanol–water partition coefficient (Wildman–Crippen LogP) is 2.98. The molecule has 0 bridgehead atoms. The number of nitrogens with one attached hydrogen (secondary N) is 2. The van der Waals surface area contributed by atoms with E-state index in [2.05, 4.69) is 20.4 Å². The van der Waals surface area contributed by atoms with Crippen LogP contribution in [0.15, 0.2) is 54.4 Å². The molecular weight excluding hydrogens is 344 g/mol. The Morgan fingerprint density at radius 3 is 2.64 bits per heavy atom. The maximum Gasteiger partial charge on any atom is 0.339 e. The van der Waals surface area contributed by atoms with Crippen LogP contribution in [0.4, 0.5) is 11.4 Å². The Morgan fingerprint density at radius 2 is 1.96 bits per heavy atom. The summed E-state index contributed by atoms with van der Waals surface area (Å²) in [5.41, 5.74) is 0.651. The molecule has 0 aliphatic rings. The highest BCUT2D eigenvalue weighted by molar-refractivity contribution is 6.32. The molecule has 0 unspecified atom stereocenters. The van der Waals surface area contributed by atoms with Crippen molar-refractivity contribution in [3.8, 4) is 6.07 Å². The summed E-state index contributed by atoms with van der Waals surface area (Å²) in [6, 6.07) is 11.4. The fourth-order valence-electron chi connectivity index (χ4n) is 1.86. The maximum absolute atomic E-state index is 12.3. The highest BCUT2D eigenvalue weighted by atomic mass is 35.5. The summed E-state index contributed by atoms with van der Waals surface area (Å²) in [6.07, 6.45) is 2.72. The van der Waals surface area contributed by atoms with Crippen LogP contribution in [0.1, 0.15) is 10.4 Å². The van der Waals surface area contributed by atoms with E-state index in [0.29, 0.717) is 5.69 Å². The van der Waals surface area contributed by atoms with Gasteiger partial charge in [0.15, 0.2) is 5.15 Å². The zero-order valence-corrected chi connectivity index (χ0v) is 13.9. The predicted molar refractivity (Wildman–Crippen MR) is 93.0 cm³/mol. The Morgan fingerprint density at radius 1 is 1.24 bits per heavy atom. The highest BCUT2D eigenvalue weighted by Gasteiger charge is 2.15. The number of hydrogen-bond acceptors (Lipinski definition) is 6. The first kappa shape index (κ1) is 18.0. The Kier molecular flexibility index (Phi) is 6.09. The van der Waals surface area contributed by atoms with Gasteiger partial charge in [-0.05, 0) is 24.3 Å². The van der Waals surface area contributed by atoms with Crippen molar-refractivity contribution in [1.82, 2.24) is 4.98 Å². The average Bonchev–Trinajstić information content (AvgIpc) is 2.63. The first-order chi connectivity index (χ1) is 12.1. The van der Waals surface area contributed by atoms with Gasteiger partial charge in [-0.15, -0.1) is 0 Å². The summed E-state index contributed by atoms with van der Waals surface area (Å²) < 4.78 is 4.66. The fourth-order valence-corrected chi connectivity index (χ4v) is 2.04. The van der Waals surface area contributed by atoms with Crippen LogP contribution in [0.2, 0.25) is 5.15 Å². The van der Waals surface area contributed by atoms with Gasteiger partial charge in [-0.3, -0.25) is 4.79 Å². The molecule has 126 valence electrons. The van der Waals surface area contributed by atoms with Crippen molar-refractivity contribution in [1.29, 1.82) is 5.26 Å². The Bertz CT molecular complexity index is 874. The van der Waals surface area contributed by atoms with Crippen LogP contribution < -0.4 is 10.6 Å². The van der Waals surface area contributed by atoms with E-state index in [1.54, 1.807) is 30.3 Å². The van der Waals surface area contributed by atoms with Crippen molar-refractivity contribution in [2.24, 2.45) is 0 Å². The number of methoxy groups -OCH3 is 1. The van der Waals surface area contributed by atoms with Gasteiger partial charge in [-0.25, -0.2) is 9.78 Å². The molecule has 0 aliphatic heterocycles. The monoisotopic (exact) mass is 356 g/mol. The van der Waals surface area contributed by atoms with Crippen molar-refractivity contribution in [2.75, 3.05) is 17.7 Å². The van der Waals surface area contributed by atoms with Crippen molar-refractivity contribution >= 4 is 34.9 Å². The molecule has 2 aromatic rings. The van der Waals surface area contributed by atoms with E-state index in [9.17, 15) is 14.9 Å². The summed E-state index contributed by atoms with van der Waals surface area (Å²) in [4.78, 5) is 27.9. The van der Waals surface area contributed by atoms with E-state index < -0.39 is 11.9 Å². The van der Waals surface area contributed by atoms with E-state index >= 15 is 0 Å². The van der Waals surface area contributed by atoms with Crippen molar-refractivity contribution in [3.63, 3.8) is 0 Å². The van der Waals surface area contributed by atoms with Crippen LogP contribution in [-0.4, -0.2) is 24.0 Å². The topological polar surface area (TPSA) is 104 Å². The lowest BCUT2D eigenvalue weighted by molar-refractivity contribution is -0.112. The van der Waals surface area contributed by atoms with Gasteiger partial charge >= 0.3 is 5.97 Å². The standard InChI is InChI=1S/C17H13ClN4O3/c1-25-17(24)12-5-2-3-6-13(12)22-16(23)11(9-19)10-21-14-7-4-8-20-15(14)18/h2-8,10,21H,1H3,(H,22,23)/b11-10-. The Hall–Kier alpha value is -3.37. The lowest BCUT2D eigenvalue weighted by Crippen LogP contribution is -2.17. The number of para-hydroxylation sites is 1. The first-order valence-electron chi connectivity index (χ1n) is 7.03. The molecule has 25 heavy (non-hydrogen) atoms. The zero-order chi connectivity index (χ0) is 18.2. The summed E-state index contributed by atoms with van der Waals surface area (Å²) in [5, 5.41) is 14.6. The largest absolute Gasteiger partial charge is 0.465 e. The lowest BCUT2D eigenvalue weighted by Gasteiger charge is -2.09. The first-order valence-corrected chi connectivity index (χ1v) is 7.40. The molecule has 0 saturated carbocycles. The van der Waals surface area contributed by atoms with Crippen molar-refractivity contribution in [2.45, 2.75) is 0 Å². The maximum atomic E-state index is 12.3. The SMILES string of the molecule is COC(=O)c1ccccc1NC(=O)/C(C#N)=C\Nc1cccnc1Cl. The zero-order valence-electron chi connectivity index (χ0n) is 13.1. The third kappa shape index (κ3) is 4.56. The van der Waals surface area contributed by atoms with E-state index in [1.165, 1.54) is 31.6 Å². The highest BCUT2D eigenvalue weighted by Crippen LogP contribution is 2.19. The number of nitriles is 1. The summed E-state index contributed by atoms with van der Waals surface area (Å²) in [7, 11) is 1.24. The number of carbonyl (C=O) groups is 2. The molecule has 8 heteroatoms. The van der Waals surface area contributed by atoms with Gasteiger partial charge < -0.3 is 15.4 Å². The molecule has 0 spiro atoms. The number of esters is 1. The minimum absolute atomic E-state index is 0.180. The fraction of sp³-hybridized carbons (Fsp3) is 0.0588. The molecular formula is C17H13ClN4O3. The van der Waals surface area contributed by atoms with Gasteiger partial charge in [0.05, 0.1) is 24.0 Å². The second-order valence-electron chi connectivity index (χ2n) is 4.65. The van der Waals surface area contributed by atoms with Gasteiger partial charge in [0.25, 0.3) is 5.91 Å². The molecule has 2 N–H and O–H groups in total. The number of halogens is 1. The molecule has 0 fully saturated rings. The van der Waals surface area contributed by atoms with Crippen molar-refractivity contribution in [3.05, 3.63) is 65.1 Å². The van der Waals surface area contributed by atoms with E-state index in [0.717, 1.165) is 0 Å². The number of benzene rings is 1. The third-order valence-electron chi connectivity index (χ3n) is 3.08. The minimum atomic E-state index is -0.689. The quantitative estimate of drug-likeness (QED) is 0.369. The Balaban J connectivity index is 2.19. The number of carbonyl (C=O) groups excluding carboxylic acids is 2. The van der Waals surface area contributed by atoms with E-state index in [4.69, 9.17) is 11.6 Å². The van der Waals surface area contributed by atoms with Crippen LogP contribution in [0.25, 0.3) is 0 Å². The summed E-state index contributed by atoms with van der Waals surface area (Å²) >= 11 is 5.89. The van der Waals surface area contributed by atoms with Crippen molar-refractivity contribution < 1.29 is 14.3 Å². The van der Waals surface area contributed by atoms with Gasteiger partial charge in [0.1, 0.15) is 11.6 Å². The van der Waals surface area contributed by atoms with Crippen LogP contribution in [0.5, 0.6) is 0 Å². The summed E-state index contributed by atoms with van der Waals surface area (Å²) in [5.74, 6) is -1.29. The molecule has 0 radical (unpaired) electrons. The third-order valence-corrected chi connectivity index (χ3v) is 3.38. The van der Waals surface area contributed by atoms with Gasteiger partial charge in [0, 0.05) is 12.4 Å². The molecule has 7 nitrogen and oxygen atoms in total. The molecule has 1 heterocycles. The molecule has 1 aromatic heterocycles. The lowest BCUT2D eigenvalue weighted by atomic mass is 10.1. The number of nitrogens with zero attached hydrogens (tertiary/aromatic N) is 2. The van der Waals surface area contributed by atoms with E-state index in [1.807, 2.05) is 0 Å². The number of amides is 1. The van der Waals surface area contributed by atoms with E-state index in [-0.39, 0.29) is 22.0 Å². The van der Waals surface area contributed by atoms with Gasteiger partial charge in [0.2, 0.25) is 0 Å². The number of hydrogen-bond donors (Lipinski definition) is 2. The summed E-state index contributed by atoms with van der Waals surface area (Å²) in [6.45, 7) is 0. The molecule has 1 aromatic carbocycles. The number of ether oxygens (including phenoxy) is 1. The van der Waals surface area contributed by atoms with Crippen LogP contribution in [-0.2, 0) is 9.53 Å². The van der Waals surface area contributed by atoms with Gasteiger partial charge in [-0.2, -0.15) is 5.26 Å². The number of pyridine rings is 1. The second kappa shape index (κ2) is 8.47. The van der Waals surface area contributed by atoms with Gasteiger partial charge in [-0.1, -0.05) is 23.7 Å². The minimum Gasteiger partial charge on any atom is -0.465 e.